The lowest BCUT2D eigenvalue weighted by Crippen LogP contribution is -2.48. The van der Waals surface area contributed by atoms with Gasteiger partial charge in [0.2, 0.25) is 5.91 Å². The molecule has 2 aliphatic rings. The van der Waals surface area contributed by atoms with Crippen LogP contribution in [0.4, 0.5) is 11.4 Å². The fraction of sp³-hybridized carbons (Fsp3) is 0.238. The maximum atomic E-state index is 12.9. The number of carbonyl (C=O) groups is 2. The number of carbonyl (C=O) groups excluding carboxylic acids is 2. The highest BCUT2D eigenvalue weighted by Crippen LogP contribution is 2.51. The molecule has 2 aromatic rings. The molecule has 30 heavy (non-hydrogen) atoms. The van der Waals surface area contributed by atoms with Crippen molar-refractivity contribution >= 4 is 39.9 Å². The number of esters is 1. The van der Waals surface area contributed by atoms with Crippen LogP contribution < -0.4 is 4.90 Å². The van der Waals surface area contributed by atoms with Crippen molar-refractivity contribution in [3.8, 4) is 0 Å². The smallest absolute Gasteiger partial charge is 0.356 e. The molecule has 0 saturated carbocycles. The summed E-state index contributed by atoms with van der Waals surface area (Å²) in [5, 5.41) is 10.7. The number of nitro benzene ring substituents is 1. The molecule has 0 aliphatic carbocycles. The van der Waals surface area contributed by atoms with E-state index >= 15 is 0 Å². The zero-order valence-electron chi connectivity index (χ0n) is 16.4. The minimum atomic E-state index is -0.582. The first kappa shape index (κ1) is 20.0. The number of rotatable bonds is 6. The lowest BCUT2D eigenvalue weighted by molar-refractivity contribution is -0.384. The summed E-state index contributed by atoms with van der Waals surface area (Å²) >= 11 is 1.49. The van der Waals surface area contributed by atoms with E-state index in [4.69, 9.17) is 4.74 Å². The maximum absolute atomic E-state index is 12.9. The monoisotopic (exact) mass is 425 g/mol. The molecule has 2 heterocycles. The number of amides is 1. The van der Waals surface area contributed by atoms with E-state index in [0.29, 0.717) is 12.0 Å². The number of nitrogens with zero attached hydrogens (tertiary/aromatic N) is 3. The fourth-order valence-electron chi connectivity index (χ4n) is 3.30. The zero-order valence-corrected chi connectivity index (χ0v) is 17.2. The second-order valence-electron chi connectivity index (χ2n) is 7.16. The summed E-state index contributed by atoms with van der Waals surface area (Å²) in [6, 6.07) is 13.6. The number of fused-ring (bicyclic) bond motifs is 1. The van der Waals surface area contributed by atoms with Crippen LogP contribution in [0.25, 0.3) is 4.91 Å². The van der Waals surface area contributed by atoms with Gasteiger partial charge in [0.15, 0.2) is 0 Å². The Labute approximate surface area is 177 Å². The van der Waals surface area contributed by atoms with E-state index in [1.807, 2.05) is 43.3 Å². The Morgan fingerprint density at radius 1 is 1.27 bits per heavy atom. The van der Waals surface area contributed by atoms with Crippen molar-refractivity contribution in [2.45, 2.75) is 18.4 Å². The fourth-order valence-corrected chi connectivity index (χ4v) is 4.69. The molecular weight excluding hydrogens is 406 g/mol. The van der Waals surface area contributed by atoms with Crippen LogP contribution >= 0.6 is 11.8 Å². The highest BCUT2D eigenvalue weighted by atomic mass is 32.2. The Morgan fingerprint density at radius 2 is 2.00 bits per heavy atom. The van der Waals surface area contributed by atoms with Crippen molar-refractivity contribution in [2.75, 3.05) is 19.0 Å². The van der Waals surface area contributed by atoms with Crippen LogP contribution in [-0.4, -0.2) is 41.2 Å². The summed E-state index contributed by atoms with van der Waals surface area (Å²) in [4.78, 5) is 39.6. The molecule has 1 fully saturated rings. The number of non-ortho nitro benzene ring substituents is 1. The molecule has 8 nitrogen and oxygen atoms in total. The van der Waals surface area contributed by atoms with Gasteiger partial charge >= 0.3 is 5.97 Å². The molecule has 0 spiro atoms. The van der Waals surface area contributed by atoms with Gasteiger partial charge in [-0.05, 0) is 35.4 Å². The number of ether oxygens (including phenoxy) is 1. The average molecular weight is 425 g/mol. The topological polar surface area (TPSA) is 93.0 Å². The number of hydrogen-bond donors (Lipinski definition) is 0. The van der Waals surface area contributed by atoms with Crippen LogP contribution in [-0.2, 0) is 20.9 Å². The molecule has 154 valence electrons. The van der Waals surface area contributed by atoms with Gasteiger partial charge in [0.25, 0.3) is 5.69 Å². The first-order chi connectivity index (χ1) is 14.3. The van der Waals surface area contributed by atoms with Crippen LogP contribution in [0.15, 0.2) is 54.2 Å². The van der Waals surface area contributed by atoms with Gasteiger partial charge in [-0.2, -0.15) is 0 Å². The largest absolute Gasteiger partial charge is 0.456 e. The molecule has 0 radical (unpaired) electrons. The second kappa shape index (κ2) is 7.83. The predicted molar refractivity (Wildman–Crippen MR) is 113 cm³/mol. The summed E-state index contributed by atoms with van der Waals surface area (Å²) in [7, 11) is 3.87. The lowest BCUT2D eigenvalue weighted by Gasteiger charge is -2.34. The van der Waals surface area contributed by atoms with Gasteiger partial charge in [-0.3, -0.25) is 19.8 Å². The molecule has 2 aliphatic heterocycles. The number of thioether (sulfide) groups is 1. The van der Waals surface area contributed by atoms with Crippen LogP contribution in [0.1, 0.15) is 17.5 Å². The summed E-state index contributed by atoms with van der Waals surface area (Å²) in [6.07, 6.45) is 0.390. The minimum absolute atomic E-state index is 0.0305. The van der Waals surface area contributed by atoms with E-state index in [-0.39, 0.29) is 29.3 Å². The third kappa shape index (κ3) is 3.63. The van der Waals surface area contributed by atoms with E-state index in [2.05, 4.69) is 0 Å². The summed E-state index contributed by atoms with van der Waals surface area (Å²) in [5.74, 6) is -0.685. The molecule has 2 aromatic carbocycles. The molecule has 1 amide bonds. The van der Waals surface area contributed by atoms with Crippen molar-refractivity contribution < 1.29 is 19.2 Å². The number of anilines is 1. The van der Waals surface area contributed by atoms with Gasteiger partial charge in [-0.1, -0.05) is 23.9 Å². The van der Waals surface area contributed by atoms with E-state index < -0.39 is 10.9 Å². The molecule has 0 bridgehead atoms. The third-order valence-electron chi connectivity index (χ3n) is 4.95. The molecular formula is C21H19N3O5S. The Balaban J connectivity index is 1.59. The Kier molecular flexibility index (Phi) is 5.21. The first-order valence-electron chi connectivity index (χ1n) is 9.26. The van der Waals surface area contributed by atoms with Crippen LogP contribution in [0.2, 0.25) is 0 Å². The Hall–Kier alpha value is -3.33. The van der Waals surface area contributed by atoms with E-state index in [0.717, 1.165) is 16.2 Å². The Bertz CT molecular complexity index is 1060. The first-order valence-corrected chi connectivity index (χ1v) is 10.1. The van der Waals surface area contributed by atoms with Crippen molar-refractivity contribution in [1.29, 1.82) is 0 Å². The average Bonchev–Trinajstić information content (AvgIpc) is 3.05. The van der Waals surface area contributed by atoms with Crippen molar-refractivity contribution in [3.05, 3.63) is 75.5 Å². The molecule has 1 saturated heterocycles. The second-order valence-corrected chi connectivity index (χ2v) is 8.35. The molecule has 4 rings (SSSR count). The number of nitro groups is 1. The number of hydrogen-bond acceptors (Lipinski definition) is 7. The number of benzene rings is 2. The van der Waals surface area contributed by atoms with Gasteiger partial charge in [0.05, 0.1) is 16.7 Å². The predicted octanol–water partition coefficient (Wildman–Crippen LogP) is 3.38. The van der Waals surface area contributed by atoms with Crippen LogP contribution in [0, 0.1) is 10.1 Å². The maximum Gasteiger partial charge on any atom is 0.356 e. The van der Waals surface area contributed by atoms with Gasteiger partial charge in [-0.25, -0.2) is 4.79 Å². The summed E-state index contributed by atoms with van der Waals surface area (Å²) in [6.45, 7) is -0.0390. The van der Waals surface area contributed by atoms with Crippen molar-refractivity contribution in [2.24, 2.45) is 0 Å². The third-order valence-corrected chi connectivity index (χ3v) is 6.27. The summed E-state index contributed by atoms with van der Waals surface area (Å²) < 4.78 is 5.46. The molecule has 0 N–H and O–H groups in total. The van der Waals surface area contributed by atoms with Crippen LogP contribution in [0.5, 0.6) is 0 Å². The standard InChI is InChI=1S/C21H19N3O5S/c1-22(2)16-5-3-4-14(10-16)20-19(23-17(25)11-18(23)30-20)21(26)29-12-13-6-8-15(9-7-13)24(27)28/h3-10,18H,11-12H2,1-2H3/t18-/m1/s1. The van der Waals surface area contributed by atoms with Crippen molar-refractivity contribution in [1.82, 2.24) is 4.90 Å². The van der Waals surface area contributed by atoms with Crippen LogP contribution in [0.3, 0.4) is 0 Å². The van der Waals surface area contributed by atoms with Gasteiger partial charge in [0.1, 0.15) is 12.3 Å². The van der Waals surface area contributed by atoms with E-state index in [1.165, 1.54) is 28.8 Å². The van der Waals surface area contributed by atoms with Gasteiger partial charge < -0.3 is 9.64 Å². The van der Waals surface area contributed by atoms with Gasteiger partial charge in [0, 0.05) is 36.8 Å². The minimum Gasteiger partial charge on any atom is -0.456 e. The van der Waals surface area contributed by atoms with Crippen molar-refractivity contribution in [3.63, 3.8) is 0 Å². The number of β-lactam (4-membered cyclic amide) rings is 1. The Morgan fingerprint density at radius 3 is 2.63 bits per heavy atom. The molecule has 1 atom stereocenters. The SMILES string of the molecule is CN(C)c1cccc(C2=C(C(=O)OCc3ccc([N+](=O)[O-])cc3)N3C(=O)C[C@H]3S2)c1. The normalized spacial score (nSPS) is 17.5. The quantitative estimate of drug-likeness (QED) is 0.303. The molecule has 9 heteroatoms. The van der Waals surface area contributed by atoms with E-state index in [9.17, 15) is 19.7 Å². The molecule has 0 unspecified atom stereocenters. The summed E-state index contributed by atoms with van der Waals surface area (Å²) in [5.41, 5.74) is 2.70. The lowest BCUT2D eigenvalue weighted by atomic mass is 10.1. The van der Waals surface area contributed by atoms with Gasteiger partial charge in [-0.15, -0.1) is 0 Å². The highest BCUT2D eigenvalue weighted by molar-refractivity contribution is 8.09. The highest BCUT2D eigenvalue weighted by Gasteiger charge is 2.49. The molecule has 0 aromatic heterocycles. The zero-order chi connectivity index (χ0) is 21.4. The van der Waals surface area contributed by atoms with E-state index in [1.54, 1.807) is 12.1 Å².